The molecule has 0 saturated carbocycles. The Morgan fingerprint density at radius 3 is 2.53 bits per heavy atom. The van der Waals surface area contributed by atoms with Gasteiger partial charge >= 0.3 is 0 Å². The van der Waals surface area contributed by atoms with Crippen molar-refractivity contribution in [1.82, 2.24) is 9.88 Å². The summed E-state index contributed by atoms with van der Waals surface area (Å²) in [6, 6.07) is 11.9. The average Bonchev–Trinajstić information content (AvgIpc) is 3.16. The van der Waals surface area contributed by atoms with Crippen molar-refractivity contribution in [3.63, 3.8) is 0 Å². The van der Waals surface area contributed by atoms with Crippen molar-refractivity contribution in [1.29, 1.82) is 0 Å². The number of carbonyl (C=O) groups is 2. The first-order chi connectivity index (χ1) is 14.5. The molecule has 0 aliphatic heterocycles. The zero-order chi connectivity index (χ0) is 21.3. The summed E-state index contributed by atoms with van der Waals surface area (Å²) in [7, 11) is 0. The van der Waals surface area contributed by atoms with E-state index in [0.717, 1.165) is 6.07 Å². The van der Waals surface area contributed by atoms with Crippen molar-refractivity contribution in [2.75, 3.05) is 0 Å². The summed E-state index contributed by atoms with van der Waals surface area (Å²) in [6.45, 7) is 0. The summed E-state index contributed by atoms with van der Waals surface area (Å²) in [4.78, 5) is 31.4. The van der Waals surface area contributed by atoms with Crippen molar-refractivity contribution in [2.24, 2.45) is 5.73 Å². The summed E-state index contributed by atoms with van der Waals surface area (Å²) >= 11 is 0. The zero-order valence-corrected chi connectivity index (χ0v) is 16.0. The molecule has 1 aromatic heterocycles. The van der Waals surface area contributed by atoms with Gasteiger partial charge in [-0.3, -0.25) is 14.6 Å². The first-order valence-corrected chi connectivity index (χ1v) is 9.52. The van der Waals surface area contributed by atoms with Gasteiger partial charge in [-0.25, -0.2) is 8.78 Å². The van der Waals surface area contributed by atoms with Crippen molar-refractivity contribution in [2.45, 2.75) is 24.9 Å². The van der Waals surface area contributed by atoms with Crippen molar-refractivity contribution in [3.8, 4) is 0 Å². The maximum Gasteiger partial charge on any atom is 0.255 e. The van der Waals surface area contributed by atoms with E-state index in [1.807, 2.05) is 0 Å². The van der Waals surface area contributed by atoms with Gasteiger partial charge in [0.15, 0.2) is 0 Å². The molecular formula is C23H19F2N3O2. The predicted octanol–water partition coefficient (Wildman–Crippen LogP) is 3.72. The fourth-order valence-corrected chi connectivity index (χ4v) is 4.08. The minimum Gasteiger partial charge on any atom is -0.368 e. The maximum absolute atomic E-state index is 14.3. The van der Waals surface area contributed by atoms with Crippen LogP contribution in [0.1, 0.15) is 45.6 Å². The van der Waals surface area contributed by atoms with Crippen molar-refractivity contribution in [3.05, 3.63) is 101 Å². The summed E-state index contributed by atoms with van der Waals surface area (Å²) in [5.41, 5.74) is 7.20. The largest absolute Gasteiger partial charge is 0.368 e. The smallest absolute Gasteiger partial charge is 0.255 e. The van der Waals surface area contributed by atoms with E-state index < -0.39 is 35.5 Å². The molecule has 3 aromatic rings. The first kappa shape index (κ1) is 19.7. The lowest BCUT2D eigenvalue weighted by molar-refractivity contribution is -0.123. The molecule has 5 nitrogen and oxygen atoms in total. The van der Waals surface area contributed by atoms with Gasteiger partial charge in [0.2, 0.25) is 5.91 Å². The standard InChI is InChI=1S/C23H19F2N3O2/c24-16-11-18-17(19(25)12-16)8-9-20(18)28(23(30)14-5-2-1-3-6-14)21(22(26)29)15-7-4-10-27-13-15/h1-7,10-13,20-21H,8-9H2,(H2,26,29)/t20-,21?/m1/s1. The van der Waals surface area contributed by atoms with E-state index >= 15 is 0 Å². The Kier molecular flexibility index (Phi) is 5.27. The van der Waals surface area contributed by atoms with Gasteiger partial charge in [0.25, 0.3) is 5.91 Å². The second kappa shape index (κ2) is 8.02. The quantitative estimate of drug-likeness (QED) is 0.700. The fraction of sp³-hybridized carbons (Fsp3) is 0.174. The second-order valence-corrected chi connectivity index (χ2v) is 7.18. The molecule has 0 bridgehead atoms. The SMILES string of the molecule is NC(=O)C(c1cccnc1)N(C(=O)c1ccccc1)[C@@H]1CCc2c(F)cc(F)cc21. The second-order valence-electron chi connectivity index (χ2n) is 7.18. The van der Waals surface area contributed by atoms with Crippen LogP contribution in [0.3, 0.4) is 0 Å². The summed E-state index contributed by atoms with van der Waals surface area (Å²) in [5.74, 6) is -2.60. The Labute approximate surface area is 172 Å². The van der Waals surface area contributed by atoms with E-state index in [-0.39, 0.29) is 0 Å². The molecule has 2 aromatic carbocycles. The van der Waals surface area contributed by atoms with Crippen LogP contribution in [0.2, 0.25) is 0 Å². The maximum atomic E-state index is 14.3. The van der Waals surface area contributed by atoms with E-state index in [2.05, 4.69) is 4.98 Å². The number of pyridine rings is 1. The van der Waals surface area contributed by atoms with E-state index in [1.54, 1.807) is 48.7 Å². The third kappa shape index (κ3) is 3.54. The van der Waals surface area contributed by atoms with E-state index in [4.69, 9.17) is 5.73 Å². The number of nitrogens with zero attached hydrogens (tertiary/aromatic N) is 2. The van der Waals surface area contributed by atoms with Crippen molar-refractivity contribution < 1.29 is 18.4 Å². The number of fused-ring (bicyclic) bond motifs is 1. The van der Waals surface area contributed by atoms with Gasteiger partial charge in [-0.05, 0) is 48.2 Å². The van der Waals surface area contributed by atoms with Crippen molar-refractivity contribution >= 4 is 11.8 Å². The molecular weight excluding hydrogens is 388 g/mol. The van der Waals surface area contributed by atoms with Gasteiger partial charge in [-0.15, -0.1) is 0 Å². The van der Waals surface area contributed by atoms with E-state index in [0.29, 0.717) is 35.1 Å². The molecule has 0 spiro atoms. The van der Waals surface area contributed by atoms with E-state index in [1.165, 1.54) is 17.2 Å². The Balaban J connectivity index is 1.88. The highest BCUT2D eigenvalue weighted by molar-refractivity contribution is 5.98. The number of benzene rings is 2. The third-order valence-electron chi connectivity index (χ3n) is 5.36. The van der Waals surface area contributed by atoms with Gasteiger partial charge in [0, 0.05) is 29.6 Å². The molecule has 1 unspecified atom stereocenters. The van der Waals surface area contributed by atoms with Crippen LogP contribution in [0.25, 0.3) is 0 Å². The Morgan fingerprint density at radius 1 is 1.10 bits per heavy atom. The van der Waals surface area contributed by atoms with Gasteiger partial charge in [0.05, 0.1) is 6.04 Å². The summed E-state index contributed by atoms with van der Waals surface area (Å²) in [5, 5.41) is 0. The molecule has 2 atom stereocenters. The van der Waals surface area contributed by atoms with Crippen LogP contribution in [-0.2, 0) is 11.2 Å². The summed E-state index contributed by atoms with van der Waals surface area (Å²) in [6.07, 6.45) is 3.67. The van der Waals surface area contributed by atoms with E-state index in [9.17, 15) is 18.4 Å². The normalized spacial score (nSPS) is 16.0. The molecule has 152 valence electrons. The zero-order valence-electron chi connectivity index (χ0n) is 16.0. The van der Waals surface area contributed by atoms with Crippen LogP contribution in [0, 0.1) is 11.6 Å². The molecule has 1 heterocycles. The van der Waals surface area contributed by atoms with Gasteiger partial charge in [-0.1, -0.05) is 24.3 Å². The monoisotopic (exact) mass is 407 g/mol. The molecule has 7 heteroatoms. The molecule has 2 amide bonds. The number of rotatable bonds is 5. The molecule has 2 N–H and O–H groups in total. The molecule has 4 rings (SSSR count). The van der Waals surface area contributed by atoms with Crippen LogP contribution in [0.4, 0.5) is 8.78 Å². The van der Waals surface area contributed by atoms with Crippen LogP contribution in [0.15, 0.2) is 67.0 Å². The Morgan fingerprint density at radius 2 is 1.87 bits per heavy atom. The number of nitrogens with two attached hydrogens (primary N) is 1. The number of carbonyl (C=O) groups excluding carboxylic acids is 2. The Bertz CT molecular complexity index is 1090. The highest BCUT2D eigenvalue weighted by Gasteiger charge is 2.40. The molecule has 0 radical (unpaired) electrons. The molecule has 0 saturated heterocycles. The Hall–Kier alpha value is -3.61. The molecule has 1 aliphatic carbocycles. The number of hydrogen-bond acceptors (Lipinski definition) is 3. The minimum absolute atomic E-state index is 0.323. The van der Waals surface area contributed by atoms with Crippen LogP contribution < -0.4 is 5.73 Å². The lowest BCUT2D eigenvalue weighted by Gasteiger charge is -2.35. The number of aromatic nitrogens is 1. The van der Waals surface area contributed by atoms with Gasteiger partial charge in [0.1, 0.15) is 17.7 Å². The third-order valence-corrected chi connectivity index (χ3v) is 5.36. The minimum atomic E-state index is -1.14. The molecule has 30 heavy (non-hydrogen) atoms. The number of hydrogen-bond donors (Lipinski definition) is 1. The average molecular weight is 407 g/mol. The predicted molar refractivity (Wildman–Crippen MR) is 106 cm³/mol. The van der Waals surface area contributed by atoms with Gasteiger partial charge < -0.3 is 10.6 Å². The van der Waals surface area contributed by atoms with Crippen LogP contribution >= 0.6 is 0 Å². The number of halogens is 2. The highest BCUT2D eigenvalue weighted by atomic mass is 19.1. The lowest BCUT2D eigenvalue weighted by Crippen LogP contribution is -2.43. The number of primary amides is 1. The van der Waals surface area contributed by atoms with Gasteiger partial charge in [-0.2, -0.15) is 0 Å². The topological polar surface area (TPSA) is 76.3 Å². The lowest BCUT2D eigenvalue weighted by atomic mass is 9.98. The highest BCUT2D eigenvalue weighted by Crippen LogP contribution is 2.42. The molecule has 0 fully saturated rings. The molecule has 1 aliphatic rings. The number of amides is 2. The fourth-order valence-electron chi connectivity index (χ4n) is 4.08. The summed E-state index contributed by atoms with van der Waals surface area (Å²) < 4.78 is 28.4. The first-order valence-electron chi connectivity index (χ1n) is 9.52. The van der Waals surface area contributed by atoms with Crippen LogP contribution in [0.5, 0.6) is 0 Å². The van der Waals surface area contributed by atoms with Crippen LogP contribution in [-0.4, -0.2) is 21.7 Å².